The van der Waals surface area contributed by atoms with E-state index >= 15 is 0 Å². The first kappa shape index (κ1) is 12.5. The van der Waals surface area contributed by atoms with Crippen molar-refractivity contribution in [1.82, 2.24) is 29.9 Å². The molecule has 5 rings (SSSR count). The maximum absolute atomic E-state index is 4.64. The smallest absolute Gasteiger partial charge is 0.184 e. The molecule has 0 atom stereocenters. The van der Waals surface area contributed by atoms with Crippen LogP contribution in [0.25, 0.3) is 43.5 Å². The second-order valence-corrected chi connectivity index (χ2v) is 6.05. The zero-order chi connectivity index (χ0) is 15.7. The van der Waals surface area contributed by atoms with Crippen molar-refractivity contribution in [3.8, 4) is 0 Å². The summed E-state index contributed by atoms with van der Waals surface area (Å²) in [6.45, 7) is 4.12. The third-order valence-corrected chi connectivity index (χ3v) is 4.54. The average molecular weight is 302 g/mol. The standard InChI is InChI=1S/C17H14N6/c1-8-4-18-5-10-13(8)16-12(7-23(3)22-16)15-11-6-19-21-17(11)20-9(2)14(10)15/h4-7,22H,1-3H3. The van der Waals surface area contributed by atoms with Crippen LogP contribution in [0.5, 0.6) is 0 Å². The molecular weight excluding hydrogens is 288 g/mol. The number of rotatable bonds is 0. The highest BCUT2D eigenvalue weighted by atomic mass is 15.2. The molecule has 0 aliphatic heterocycles. The number of aromatic nitrogens is 6. The predicted octanol–water partition coefficient (Wildman–Crippen LogP) is 3.16. The fourth-order valence-electron chi connectivity index (χ4n) is 3.65. The van der Waals surface area contributed by atoms with Gasteiger partial charge in [0.05, 0.1) is 11.7 Å². The Morgan fingerprint density at radius 3 is 2.70 bits per heavy atom. The number of H-pyrrole nitrogens is 1. The second kappa shape index (κ2) is 4.04. The molecule has 1 N–H and O–H groups in total. The SMILES string of the molecule is Cc1cncc2c1c1[nH]n(C)cc1c1c3cnnc3nc(C)c21. The third-order valence-electron chi connectivity index (χ3n) is 4.54. The average Bonchev–Trinajstić information content (AvgIpc) is 3.12. The van der Waals surface area contributed by atoms with E-state index in [-0.39, 0.29) is 0 Å². The van der Waals surface area contributed by atoms with Crippen molar-refractivity contribution in [3.63, 3.8) is 0 Å². The highest BCUT2D eigenvalue weighted by Gasteiger charge is 2.18. The molecule has 6 nitrogen and oxygen atoms in total. The Labute approximate surface area is 131 Å². The van der Waals surface area contributed by atoms with Gasteiger partial charge in [-0.25, -0.2) is 4.98 Å². The highest BCUT2D eigenvalue weighted by molar-refractivity contribution is 6.30. The number of aromatic amines is 1. The van der Waals surface area contributed by atoms with E-state index < -0.39 is 0 Å². The first-order chi connectivity index (χ1) is 11.1. The Morgan fingerprint density at radius 1 is 0.957 bits per heavy atom. The van der Waals surface area contributed by atoms with Crippen molar-refractivity contribution in [1.29, 1.82) is 0 Å². The van der Waals surface area contributed by atoms with Gasteiger partial charge >= 0.3 is 0 Å². The summed E-state index contributed by atoms with van der Waals surface area (Å²) >= 11 is 0. The molecule has 6 heteroatoms. The number of pyridine rings is 2. The molecule has 0 spiro atoms. The summed E-state index contributed by atoms with van der Waals surface area (Å²) in [4.78, 5) is 9.04. The van der Waals surface area contributed by atoms with E-state index in [4.69, 9.17) is 0 Å². The number of hydrogen-bond donors (Lipinski definition) is 1. The molecule has 0 saturated heterocycles. The minimum atomic E-state index is 0.695. The van der Waals surface area contributed by atoms with E-state index in [1.807, 2.05) is 31.0 Å². The summed E-state index contributed by atoms with van der Waals surface area (Å²) in [6.07, 6.45) is 7.74. The zero-order valence-corrected chi connectivity index (χ0v) is 13.0. The van der Waals surface area contributed by atoms with Crippen LogP contribution >= 0.6 is 0 Å². The van der Waals surface area contributed by atoms with Crippen molar-refractivity contribution >= 4 is 43.5 Å². The van der Waals surface area contributed by atoms with Gasteiger partial charge in [-0.05, 0) is 19.4 Å². The second-order valence-electron chi connectivity index (χ2n) is 6.05. The largest absolute Gasteiger partial charge is 0.298 e. The Hall–Kier alpha value is -3.02. The summed E-state index contributed by atoms with van der Waals surface area (Å²) in [5, 5.41) is 18.4. The minimum absolute atomic E-state index is 0.695. The number of nitrogens with zero attached hydrogens (tertiary/aromatic N) is 5. The summed E-state index contributed by atoms with van der Waals surface area (Å²) in [6, 6.07) is 0. The fraction of sp³-hybridized carbons (Fsp3) is 0.176. The molecule has 0 fully saturated rings. The summed E-state index contributed by atoms with van der Waals surface area (Å²) in [7, 11) is 2.00. The van der Waals surface area contributed by atoms with Crippen molar-refractivity contribution in [2.75, 3.05) is 0 Å². The number of benzene rings is 1. The lowest BCUT2D eigenvalue weighted by atomic mass is 9.95. The van der Waals surface area contributed by atoms with E-state index in [0.29, 0.717) is 5.65 Å². The molecule has 4 aromatic heterocycles. The molecule has 0 unspecified atom stereocenters. The zero-order valence-electron chi connectivity index (χ0n) is 13.0. The number of hydrogen-bond acceptors (Lipinski definition) is 4. The van der Waals surface area contributed by atoms with Crippen LogP contribution in [0, 0.1) is 13.8 Å². The van der Waals surface area contributed by atoms with Gasteiger partial charge in [0.25, 0.3) is 0 Å². The fourth-order valence-corrected chi connectivity index (χ4v) is 3.65. The van der Waals surface area contributed by atoms with E-state index in [0.717, 1.165) is 43.7 Å². The van der Waals surface area contributed by atoms with Gasteiger partial charge in [0, 0.05) is 63.6 Å². The highest BCUT2D eigenvalue weighted by Crippen LogP contribution is 2.39. The summed E-state index contributed by atoms with van der Waals surface area (Å²) < 4.78 is 1.98. The van der Waals surface area contributed by atoms with Gasteiger partial charge in [0.2, 0.25) is 0 Å². The first-order valence-corrected chi connectivity index (χ1v) is 7.48. The van der Waals surface area contributed by atoms with Crippen LogP contribution in [-0.2, 0) is 7.05 Å². The summed E-state index contributed by atoms with van der Waals surface area (Å²) in [5.74, 6) is 0. The van der Waals surface area contributed by atoms with Gasteiger partial charge in [-0.3, -0.25) is 14.8 Å². The quantitative estimate of drug-likeness (QED) is 0.446. The van der Waals surface area contributed by atoms with Gasteiger partial charge < -0.3 is 0 Å². The molecule has 1 aromatic carbocycles. The predicted molar refractivity (Wildman–Crippen MR) is 90.4 cm³/mol. The summed E-state index contributed by atoms with van der Waals surface area (Å²) in [5.41, 5.74) is 3.91. The molecular formula is C17H14N6. The monoisotopic (exact) mass is 302 g/mol. The Kier molecular flexibility index (Phi) is 2.20. The normalized spacial score (nSPS) is 12.1. The van der Waals surface area contributed by atoms with E-state index in [9.17, 15) is 0 Å². The van der Waals surface area contributed by atoms with Crippen LogP contribution in [0.15, 0.2) is 24.8 Å². The Bertz CT molecular complexity index is 1240. The van der Waals surface area contributed by atoms with Crippen molar-refractivity contribution in [2.45, 2.75) is 13.8 Å². The number of aryl methyl sites for hydroxylation is 3. The Morgan fingerprint density at radius 2 is 1.83 bits per heavy atom. The molecule has 4 heterocycles. The molecule has 0 radical (unpaired) electrons. The lowest BCUT2D eigenvalue weighted by Gasteiger charge is -2.10. The van der Waals surface area contributed by atoms with Gasteiger partial charge in [0.1, 0.15) is 0 Å². The molecule has 23 heavy (non-hydrogen) atoms. The third kappa shape index (κ3) is 1.47. The number of nitrogens with one attached hydrogen (secondary N) is 1. The van der Waals surface area contributed by atoms with Gasteiger partial charge in [-0.1, -0.05) is 0 Å². The van der Waals surface area contributed by atoms with E-state index in [2.05, 4.69) is 38.4 Å². The molecule has 0 aliphatic carbocycles. The molecule has 0 amide bonds. The molecule has 0 saturated carbocycles. The topological polar surface area (TPSA) is 72.3 Å². The maximum Gasteiger partial charge on any atom is 0.184 e. The minimum Gasteiger partial charge on any atom is -0.298 e. The van der Waals surface area contributed by atoms with Gasteiger partial charge in [0.15, 0.2) is 5.65 Å². The van der Waals surface area contributed by atoms with Crippen molar-refractivity contribution in [3.05, 3.63) is 36.0 Å². The molecule has 0 aliphatic rings. The van der Waals surface area contributed by atoms with Crippen LogP contribution in [0.3, 0.4) is 0 Å². The van der Waals surface area contributed by atoms with Crippen LogP contribution in [0.2, 0.25) is 0 Å². The van der Waals surface area contributed by atoms with Crippen LogP contribution < -0.4 is 0 Å². The van der Waals surface area contributed by atoms with Crippen LogP contribution in [0.1, 0.15) is 11.3 Å². The van der Waals surface area contributed by atoms with E-state index in [1.165, 1.54) is 5.39 Å². The molecule has 5 aromatic rings. The maximum atomic E-state index is 4.64. The molecule has 112 valence electrons. The van der Waals surface area contributed by atoms with Crippen molar-refractivity contribution < 1.29 is 0 Å². The Balaban J connectivity index is 2.28. The lowest BCUT2D eigenvalue weighted by Crippen LogP contribution is -1.92. The molecule has 0 bridgehead atoms. The van der Waals surface area contributed by atoms with Gasteiger partial charge in [-0.2, -0.15) is 5.10 Å². The lowest BCUT2D eigenvalue weighted by molar-refractivity contribution is 0.780. The van der Waals surface area contributed by atoms with Crippen LogP contribution in [0.4, 0.5) is 0 Å². The number of fused-ring (bicyclic) bond motifs is 8. The van der Waals surface area contributed by atoms with Gasteiger partial charge in [-0.15, -0.1) is 5.10 Å². The van der Waals surface area contributed by atoms with Crippen LogP contribution in [-0.4, -0.2) is 29.9 Å². The van der Waals surface area contributed by atoms with Crippen molar-refractivity contribution in [2.24, 2.45) is 7.05 Å². The van der Waals surface area contributed by atoms with E-state index in [1.54, 1.807) is 6.20 Å². The first-order valence-electron chi connectivity index (χ1n) is 7.48.